The fraction of sp³-hybridized carbons (Fsp3) is 0.286. The van der Waals surface area contributed by atoms with Gasteiger partial charge in [0.05, 0.1) is 13.7 Å². The maximum absolute atomic E-state index is 12.2. The molecule has 2 aromatic rings. The smallest absolute Gasteiger partial charge is 0.187 e. The first-order valence-corrected chi connectivity index (χ1v) is 8.46. The molecule has 0 spiro atoms. The van der Waals surface area contributed by atoms with Crippen molar-refractivity contribution in [1.82, 2.24) is 0 Å². The van der Waals surface area contributed by atoms with Crippen LogP contribution in [-0.2, 0) is 0 Å². The predicted molar refractivity (Wildman–Crippen MR) is 101 cm³/mol. The molecule has 0 amide bonds. The summed E-state index contributed by atoms with van der Waals surface area (Å²) >= 11 is 0. The number of hydrogen-bond donors (Lipinski definition) is 1. The largest absolute Gasteiger partial charge is 0.497 e. The van der Waals surface area contributed by atoms with Gasteiger partial charge in [0.1, 0.15) is 11.5 Å². The van der Waals surface area contributed by atoms with Crippen LogP contribution < -0.4 is 14.8 Å². The normalized spacial score (nSPS) is 12.0. The lowest BCUT2D eigenvalue weighted by atomic mass is 10.1. The Morgan fingerprint density at radius 1 is 1.08 bits per heavy atom. The highest BCUT2D eigenvalue weighted by atomic mass is 16.5. The topological polar surface area (TPSA) is 47.6 Å². The van der Waals surface area contributed by atoms with Crippen molar-refractivity contribution in [2.24, 2.45) is 5.92 Å². The molecule has 0 aromatic heterocycles. The van der Waals surface area contributed by atoms with Crippen molar-refractivity contribution in [3.8, 4) is 11.5 Å². The highest BCUT2D eigenvalue weighted by Crippen LogP contribution is 2.16. The standard InChI is InChI=1S/C21H25NO3/c1-4-16(2)15-25-20-9-5-17(6-10-20)21(23)13-14-22-18-7-11-19(24-3)12-8-18/h5-14,16,22H,4,15H2,1-3H3/b14-13+/t16-/m0/s1. The summed E-state index contributed by atoms with van der Waals surface area (Å²) in [7, 11) is 1.63. The van der Waals surface area contributed by atoms with Crippen molar-refractivity contribution in [1.29, 1.82) is 0 Å². The minimum atomic E-state index is -0.0607. The molecule has 0 bridgehead atoms. The molecule has 2 rings (SSSR count). The lowest BCUT2D eigenvalue weighted by molar-refractivity contribution is 0.104. The van der Waals surface area contributed by atoms with Crippen LogP contribution in [0.15, 0.2) is 60.8 Å². The number of methoxy groups -OCH3 is 1. The monoisotopic (exact) mass is 339 g/mol. The van der Waals surface area contributed by atoms with E-state index in [1.807, 2.05) is 36.4 Å². The minimum Gasteiger partial charge on any atom is -0.497 e. The quantitative estimate of drug-likeness (QED) is 0.520. The van der Waals surface area contributed by atoms with E-state index >= 15 is 0 Å². The van der Waals surface area contributed by atoms with E-state index in [4.69, 9.17) is 9.47 Å². The number of ether oxygens (including phenoxy) is 2. The second-order valence-electron chi connectivity index (χ2n) is 5.92. The van der Waals surface area contributed by atoms with Crippen molar-refractivity contribution in [3.05, 3.63) is 66.4 Å². The molecule has 1 atom stereocenters. The molecule has 0 aliphatic carbocycles. The third-order valence-electron chi connectivity index (χ3n) is 3.95. The van der Waals surface area contributed by atoms with Gasteiger partial charge in [0.2, 0.25) is 0 Å². The molecule has 0 unspecified atom stereocenters. The molecule has 0 aliphatic rings. The summed E-state index contributed by atoms with van der Waals surface area (Å²) in [5, 5.41) is 3.07. The van der Waals surface area contributed by atoms with E-state index in [0.29, 0.717) is 18.1 Å². The summed E-state index contributed by atoms with van der Waals surface area (Å²) in [5.74, 6) is 2.04. The minimum absolute atomic E-state index is 0.0607. The first-order valence-electron chi connectivity index (χ1n) is 8.46. The molecule has 0 aliphatic heterocycles. The third kappa shape index (κ3) is 5.99. The summed E-state index contributed by atoms with van der Waals surface area (Å²) in [6.07, 6.45) is 4.24. The van der Waals surface area contributed by atoms with Gasteiger partial charge in [0, 0.05) is 23.5 Å². The van der Waals surface area contributed by atoms with E-state index in [1.54, 1.807) is 25.4 Å². The summed E-state index contributed by atoms with van der Waals surface area (Å²) in [6, 6.07) is 14.7. The van der Waals surface area contributed by atoms with E-state index in [9.17, 15) is 4.79 Å². The van der Waals surface area contributed by atoms with E-state index in [1.165, 1.54) is 6.08 Å². The maximum Gasteiger partial charge on any atom is 0.187 e. The number of carbonyl (C=O) groups excluding carboxylic acids is 1. The Balaban J connectivity index is 1.86. The van der Waals surface area contributed by atoms with Crippen molar-refractivity contribution >= 4 is 11.5 Å². The van der Waals surface area contributed by atoms with E-state index in [0.717, 1.165) is 23.6 Å². The lowest BCUT2D eigenvalue weighted by Crippen LogP contribution is -2.07. The number of nitrogens with one attached hydrogen (secondary N) is 1. The highest BCUT2D eigenvalue weighted by molar-refractivity contribution is 6.04. The lowest BCUT2D eigenvalue weighted by Gasteiger charge is -2.10. The molecule has 0 fully saturated rings. The van der Waals surface area contributed by atoms with Crippen LogP contribution in [0.4, 0.5) is 5.69 Å². The SMILES string of the molecule is CC[C@H](C)COc1ccc(C(=O)/C=C/Nc2ccc(OC)cc2)cc1. The van der Waals surface area contributed by atoms with Crippen LogP contribution in [0, 0.1) is 5.92 Å². The summed E-state index contributed by atoms with van der Waals surface area (Å²) < 4.78 is 10.8. The number of ketones is 1. The Bertz CT molecular complexity index is 690. The van der Waals surface area contributed by atoms with Crippen LogP contribution in [0.25, 0.3) is 0 Å². The van der Waals surface area contributed by atoms with Crippen LogP contribution in [0.3, 0.4) is 0 Å². The summed E-state index contributed by atoms with van der Waals surface area (Å²) in [4.78, 5) is 12.2. The van der Waals surface area contributed by atoms with Gasteiger partial charge in [-0.15, -0.1) is 0 Å². The van der Waals surface area contributed by atoms with Crippen LogP contribution in [0.1, 0.15) is 30.6 Å². The van der Waals surface area contributed by atoms with Gasteiger partial charge in [-0.1, -0.05) is 20.3 Å². The molecular weight excluding hydrogens is 314 g/mol. The van der Waals surface area contributed by atoms with Gasteiger partial charge in [-0.2, -0.15) is 0 Å². The molecule has 1 N–H and O–H groups in total. The molecule has 25 heavy (non-hydrogen) atoms. The van der Waals surface area contributed by atoms with Gasteiger partial charge >= 0.3 is 0 Å². The molecule has 0 radical (unpaired) electrons. The number of allylic oxidation sites excluding steroid dienone is 1. The van der Waals surface area contributed by atoms with E-state index < -0.39 is 0 Å². The van der Waals surface area contributed by atoms with Crippen LogP contribution >= 0.6 is 0 Å². The fourth-order valence-corrected chi connectivity index (χ4v) is 2.07. The second-order valence-corrected chi connectivity index (χ2v) is 5.92. The first kappa shape index (κ1) is 18.6. The van der Waals surface area contributed by atoms with Crippen LogP contribution in [0.5, 0.6) is 11.5 Å². The Morgan fingerprint density at radius 3 is 2.32 bits per heavy atom. The molecular formula is C21H25NO3. The molecule has 0 heterocycles. The zero-order valence-electron chi connectivity index (χ0n) is 15.0. The van der Waals surface area contributed by atoms with Crippen LogP contribution in [0.2, 0.25) is 0 Å². The zero-order chi connectivity index (χ0) is 18.1. The van der Waals surface area contributed by atoms with Gasteiger partial charge in [-0.25, -0.2) is 0 Å². The van der Waals surface area contributed by atoms with Gasteiger partial charge in [-0.05, 0) is 54.4 Å². The van der Waals surface area contributed by atoms with Gasteiger partial charge < -0.3 is 14.8 Å². The molecule has 4 heteroatoms. The average Bonchev–Trinajstić information content (AvgIpc) is 2.66. The Labute approximate surface area is 149 Å². The van der Waals surface area contributed by atoms with E-state index in [-0.39, 0.29) is 5.78 Å². The van der Waals surface area contributed by atoms with Crippen LogP contribution in [-0.4, -0.2) is 19.5 Å². The molecule has 0 saturated heterocycles. The number of rotatable bonds is 9. The number of hydrogen-bond acceptors (Lipinski definition) is 4. The fourth-order valence-electron chi connectivity index (χ4n) is 2.07. The number of benzene rings is 2. The Kier molecular flexibility index (Phi) is 7.08. The predicted octanol–water partition coefficient (Wildman–Crippen LogP) is 4.93. The highest BCUT2D eigenvalue weighted by Gasteiger charge is 2.04. The average molecular weight is 339 g/mol. The van der Waals surface area contributed by atoms with Crippen molar-refractivity contribution in [3.63, 3.8) is 0 Å². The molecule has 132 valence electrons. The van der Waals surface area contributed by atoms with Gasteiger partial charge in [0.15, 0.2) is 5.78 Å². The maximum atomic E-state index is 12.2. The third-order valence-corrected chi connectivity index (χ3v) is 3.95. The van der Waals surface area contributed by atoms with Crippen molar-refractivity contribution in [2.75, 3.05) is 19.0 Å². The van der Waals surface area contributed by atoms with Gasteiger partial charge in [0.25, 0.3) is 0 Å². The van der Waals surface area contributed by atoms with Crippen molar-refractivity contribution < 1.29 is 14.3 Å². The van der Waals surface area contributed by atoms with E-state index in [2.05, 4.69) is 19.2 Å². The van der Waals surface area contributed by atoms with Gasteiger partial charge in [-0.3, -0.25) is 4.79 Å². The second kappa shape index (κ2) is 9.52. The summed E-state index contributed by atoms with van der Waals surface area (Å²) in [5.41, 5.74) is 1.52. The Morgan fingerprint density at radius 2 is 1.72 bits per heavy atom. The summed E-state index contributed by atoms with van der Waals surface area (Å²) in [6.45, 7) is 4.98. The number of carbonyl (C=O) groups is 1. The zero-order valence-corrected chi connectivity index (χ0v) is 15.0. The Hall–Kier alpha value is -2.75. The molecule has 0 saturated carbocycles. The first-order chi connectivity index (χ1) is 12.1. The number of anilines is 1. The molecule has 4 nitrogen and oxygen atoms in total. The van der Waals surface area contributed by atoms with Crippen molar-refractivity contribution in [2.45, 2.75) is 20.3 Å². The molecule has 2 aromatic carbocycles.